The molecule has 0 saturated carbocycles. The van der Waals surface area contributed by atoms with E-state index in [0.717, 1.165) is 12.3 Å². The number of hydrogen-bond donors (Lipinski definition) is 2. The summed E-state index contributed by atoms with van der Waals surface area (Å²) in [5, 5.41) is 18.4. The maximum atomic E-state index is 11.6. The first-order valence-corrected chi connectivity index (χ1v) is 5.11. The summed E-state index contributed by atoms with van der Waals surface area (Å²) in [6.07, 6.45) is 0.899. The van der Waals surface area contributed by atoms with Crippen LogP contribution in [0.3, 0.4) is 0 Å². The van der Waals surface area contributed by atoms with Gasteiger partial charge in [0.15, 0.2) is 5.78 Å². The van der Waals surface area contributed by atoms with Crippen molar-refractivity contribution in [2.75, 3.05) is 6.61 Å². The van der Waals surface area contributed by atoms with Gasteiger partial charge >= 0.3 is 5.97 Å². The number of ketones is 1. The van der Waals surface area contributed by atoms with Crippen LogP contribution in [0.4, 0.5) is 0 Å². The lowest BCUT2D eigenvalue weighted by atomic mass is 10.1. The van der Waals surface area contributed by atoms with Gasteiger partial charge in [-0.2, -0.15) is 0 Å². The highest BCUT2D eigenvalue weighted by Crippen LogP contribution is 2.21. The number of carbonyl (C=O) groups is 2. The molecule has 0 fully saturated rings. The third-order valence-electron chi connectivity index (χ3n) is 1.98. The highest BCUT2D eigenvalue weighted by atomic mass is 16.5. The minimum atomic E-state index is -0.476. The second-order valence-corrected chi connectivity index (χ2v) is 3.29. The predicted molar refractivity (Wildman–Crippen MR) is 57.8 cm³/mol. The van der Waals surface area contributed by atoms with E-state index < -0.39 is 17.5 Å². The summed E-state index contributed by atoms with van der Waals surface area (Å²) in [5.74, 6) is -1.59. The molecular formula is C11H13NO5. The van der Waals surface area contributed by atoms with Crippen LogP contribution in [-0.2, 0) is 9.53 Å². The van der Waals surface area contributed by atoms with Crippen molar-refractivity contribution in [2.45, 2.75) is 19.8 Å². The van der Waals surface area contributed by atoms with Gasteiger partial charge in [0.25, 0.3) is 0 Å². The van der Waals surface area contributed by atoms with E-state index in [2.05, 4.69) is 9.72 Å². The monoisotopic (exact) mass is 239 g/mol. The fourth-order valence-electron chi connectivity index (χ4n) is 1.22. The molecule has 0 bridgehead atoms. The number of nitrogens with zero attached hydrogens (tertiary/aromatic N) is 1. The summed E-state index contributed by atoms with van der Waals surface area (Å²) >= 11 is 0. The lowest BCUT2D eigenvalue weighted by Crippen LogP contribution is -2.09. The predicted octanol–water partition coefficient (Wildman–Crippen LogP) is 1.02. The Balaban J connectivity index is 2.61. The van der Waals surface area contributed by atoms with E-state index in [1.165, 1.54) is 0 Å². The number of hydrogen-bond acceptors (Lipinski definition) is 6. The topological polar surface area (TPSA) is 96.7 Å². The van der Waals surface area contributed by atoms with E-state index in [4.69, 9.17) is 5.11 Å². The molecule has 1 aromatic heterocycles. The summed E-state index contributed by atoms with van der Waals surface area (Å²) in [4.78, 5) is 26.2. The van der Waals surface area contributed by atoms with Gasteiger partial charge in [-0.25, -0.2) is 4.98 Å². The molecule has 0 aliphatic carbocycles. The number of carbonyl (C=O) groups excluding carboxylic acids is 2. The van der Waals surface area contributed by atoms with E-state index in [1.54, 1.807) is 6.92 Å². The molecule has 0 saturated heterocycles. The second kappa shape index (κ2) is 5.83. The first-order chi connectivity index (χ1) is 8.04. The van der Waals surface area contributed by atoms with Gasteiger partial charge in [-0.1, -0.05) is 0 Å². The van der Waals surface area contributed by atoms with E-state index >= 15 is 0 Å². The van der Waals surface area contributed by atoms with E-state index in [0.29, 0.717) is 0 Å². The van der Waals surface area contributed by atoms with Crippen molar-refractivity contribution in [1.29, 1.82) is 0 Å². The molecule has 0 spiro atoms. The molecule has 0 radical (unpaired) electrons. The molecule has 17 heavy (non-hydrogen) atoms. The molecular weight excluding hydrogens is 226 g/mol. The number of pyridine rings is 1. The van der Waals surface area contributed by atoms with E-state index in [9.17, 15) is 14.7 Å². The first kappa shape index (κ1) is 13.0. The Morgan fingerprint density at radius 1 is 1.35 bits per heavy atom. The van der Waals surface area contributed by atoms with Crippen LogP contribution in [0.25, 0.3) is 0 Å². The average molecular weight is 239 g/mol. The minimum absolute atomic E-state index is 0.0608. The Morgan fingerprint density at radius 2 is 2.06 bits per heavy atom. The number of aromatic nitrogens is 1. The summed E-state index contributed by atoms with van der Waals surface area (Å²) in [6.45, 7) is 1.93. The first-order valence-electron chi connectivity index (χ1n) is 5.11. The highest BCUT2D eigenvalue weighted by molar-refractivity contribution is 5.98. The summed E-state index contributed by atoms with van der Waals surface area (Å²) in [5.41, 5.74) is -0.160. The molecule has 0 atom stereocenters. The summed E-state index contributed by atoms with van der Waals surface area (Å²) < 4.78 is 4.66. The molecule has 0 aromatic carbocycles. The van der Waals surface area contributed by atoms with Crippen molar-refractivity contribution < 1.29 is 24.5 Å². The summed E-state index contributed by atoms with van der Waals surface area (Å²) in [7, 11) is 0. The van der Waals surface area contributed by atoms with Crippen LogP contribution in [0.1, 0.15) is 30.3 Å². The Hall–Kier alpha value is -2.11. The van der Waals surface area contributed by atoms with Crippen LogP contribution < -0.4 is 0 Å². The molecule has 1 aromatic rings. The average Bonchev–Trinajstić information content (AvgIpc) is 2.26. The normalized spacial score (nSPS) is 9.94. The van der Waals surface area contributed by atoms with Gasteiger partial charge in [0, 0.05) is 12.5 Å². The van der Waals surface area contributed by atoms with Gasteiger partial charge < -0.3 is 14.9 Å². The maximum absolute atomic E-state index is 11.6. The Morgan fingerprint density at radius 3 is 2.65 bits per heavy atom. The molecule has 1 rings (SSSR count). The van der Waals surface area contributed by atoms with Gasteiger partial charge in [0.2, 0.25) is 0 Å². The standard InChI is InChI=1S/C11H13NO5/c1-2-17-10(16)4-3-8(14)11-9(15)5-7(13)6-12-11/h5-6,13,15H,2-4H2,1H3. The summed E-state index contributed by atoms with van der Waals surface area (Å²) in [6, 6.07) is 1.02. The molecule has 6 nitrogen and oxygen atoms in total. The van der Waals surface area contributed by atoms with Crippen LogP contribution in [0.15, 0.2) is 12.3 Å². The zero-order valence-corrected chi connectivity index (χ0v) is 9.34. The lowest BCUT2D eigenvalue weighted by Gasteiger charge is -2.03. The van der Waals surface area contributed by atoms with Crippen molar-refractivity contribution in [2.24, 2.45) is 0 Å². The van der Waals surface area contributed by atoms with E-state index in [-0.39, 0.29) is 30.9 Å². The number of esters is 1. The number of rotatable bonds is 5. The molecule has 0 unspecified atom stereocenters. The number of aromatic hydroxyl groups is 2. The maximum Gasteiger partial charge on any atom is 0.306 e. The van der Waals surface area contributed by atoms with Crippen LogP contribution >= 0.6 is 0 Å². The molecule has 0 aliphatic heterocycles. The van der Waals surface area contributed by atoms with Crippen molar-refractivity contribution in [3.8, 4) is 11.5 Å². The molecule has 6 heteroatoms. The number of Topliss-reactive ketones (excluding diaryl/α,β-unsaturated/α-hetero) is 1. The third kappa shape index (κ3) is 3.75. The molecule has 1 heterocycles. The Bertz CT molecular complexity index is 430. The van der Waals surface area contributed by atoms with Crippen LogP contribution in [0, 0.1) is 0 Å². The fourth-order valence-corrected chi connectivity index (χ4v) is 1.22. The highest BCUT2D eigenvalue weighted by Gasteiger charge is 2.15. The number of ether oxygens (including phenoxy) is 1. The largest absolute Gasteiger partial charge is 0.506 e. The van der Waals surface area contributed by atoms with E-state index in [1.807, 2.05) is 0 Å². The van der Waals surface area contributed by atoms with Crippen molar-refractivity contribution in [3.63, 3.8) is 0 Å². The molecule has 0 amide bonds. The molecule has 92 valence electrons. The smallest absolute Gasteiger partial charge is 0.306 e. The SMILES string of the molecule is CCOC(=O)CCC(=O)c1ncc(O)cc1O. The van der Waals surface area contributed by atoms with Gasteiger partial charge in [-0.15, -0.1) is 0 Å². The van der Waals surface area contributed by atoms with Gasteiger partial charge in [0.1, 0.15) is 17.2 Å². The quantitative estimate of drug-likeness (QED) is 0.588. The fraction of sp³-hybridized carbons (Fsp3) is 0.364. The Kier molecular flexibility index (Phi) is 4.45. The van der Waals surface area contributed by atoms with Crippen molar-refractivity contribution in [1.82, 2.24) is 4.98 Å². The third-order valence-corrected chi connectivity index (χ3v) is 1.98. The Labute approximate surface area is 97.9 Å². The van der Waals surface area contributed by atoms with Gasteiger partial charge in [-0.05, 0) is 6.92 Å². The molecule has 0 aliphatic rings. The zero-order chi connectivity index (χ0) is 12.8. The zero-order valence-electron chi connectivity index (χ0n) is 9.34. The second-order valence-electron chi connectivity index (χ2n) is 3.29. The van der Waals surface area contributed by atoms with Crippen LogP contribution in [-0.4, -0.2) is 33.6 Å². The minimum Gasteiger partial charge on any atom is -0.506 e. The van der Waals surface area contributed by atoms with Crippen LogP contribution in [0.2, 0.25) is 0 Å². The van der Waals surface area contributed by atoms with Crippen molar-refractivity contribution in [3.05, 3.63) is 18.0 Å². The van der Waals surface area contributed by atoms with Crippen LogP contribution in [0.5, 0.6) is 11.5 Å². The van der Waals surface area contributed by atoms with Crippen molar-refractivity contribution >= 4 is 11.8 Å². The van der Waals surface area contributed by atoms with Gasteiger partial charge in [-0.3, -0.25) is 9.59 Å². The molecule has 2 N–H and O–H groups in total. The lowest BCUT2D eigenvalue weighted by molar-refractivity contribution is -0.143. The van der Waals surface area contributed by atoms with Gasteiger partial charge in [0.05, 0.1) is 19.2 Å².